The van der Waals surface area contributed by atoms with Gasteiger partial charge in [0.05, 0.1) is 22.3 Å². The number of hydrogen-bond donors (Lipinski definition) is 0. The molecule has 1 aliphatic rings. The summed E-state index contributed by atoms with van der Waals surface area (Å²) in [5.41, 5.74) is 1.63. The van der Waals surface area contributed by atoms with Gasteiger partial charge in [-0.2, -0.15) is 0 Å². The predicted octanol–water partition coefficient (Wildman–Crippen LogP) is 4.94. The van der Waals surface area contributed by atoms with Gasteiger partial charge in [-0.05, 0) is 17.5 Å². The average molecular weight is 383 g/mol. The second kappa shape index (κ2) is 8.24. The second-order valence-electron chi connectivity index (χ2n) is 7.42. The Labute approximate surface area is 159 Å². The van der Waals surface area contributed by atoms with Crippen LogP contribution in [-0.4, -0.2) is 35.7 Å². The van der Waals surface area contributed by atoms with E-state index in [-0.39, 0.29) is 17.4 Å². The van der Waals surface area contributed by atoms with Crippen molar-refractivity contribution in [1.29, 1.82) is 0 Å². The first kappa shape index (κ1) is 19.8. The van der Waals surface area contributed by atoms with Crippen molar-refractivity contribution in [2.45, 2.75) is 39.7 Å². The van der Waals surface area contributed by atoms with Crippen molar-refractivity contribution >= 4 is 34.8 Å². The van der Waals surface area contributed by atoms with Crippen molar-refractivity contribution in [3.05, 3.63) is 46.5 Å². The normalized spacial score (nSPS) is 17.0. The Morgan fingerprint density at radius 2 is 2.12 bits per heavy atom. The molecule has 0 bridgehead atoms. The molecule has 0 N–H and O–H groups in total. The fourth-order valence-corrected chi connectivity index (χ4v) is 2.92. The monoisotopic (exact) mass is 382 g/mol. The van der Waals surface area contributed by atoms with E-state index in [0.29, 0.717) is 36.0 Å². The van der Waals surface area contributed by atoms with Crippen LogP contribution >= 0.6 is 23.2 Å². The Morgan fingerprint density at radius 1 is 1.40 bits per heavy atom. The van der Waals surface area contributed by atoms with Crippen molar-refractivity contribution in [3.63, 3.8) is 0 Å². The van der Waals surface area contributed by atoms with E-state index in [2.05, 4.69) is 32.5 Å². The standard InChI is InChI=1S/C19H24Cl2N2O2/c1-5-8-23(18(24)11-19(2,3)4)12-14-10-17(22-25-14)13-6-7-15(20)16(21)9-13/h5-7,9,14H,1,8,10-12H2,2-4H3/t14-/m0/s1. The molecule has 0 saturated carbocycles. The molecule has 1 atom stereocenters. The smallest absolute Gasteiger partial charge is 0.223 e. The third-order valence-corrected chi connectivity index (χ3v) is 4.53. The fraction of sp³-hybridized carbons (Fsp3) is 0.474. The van der Waals surface area contributed by atoms with Gasteiger partial charge in [0.1, 0.15) is 0 Å². The molecule has 136 valence electrons. The number of nitrogens with zero attached hydrogens (tertiary/aromatic N) is 2. The zero-order chi connectivity index (χ0) is 18.6. The quantitative estimate of drug-likeness (QED) is 0.653. The number of rotatable bonds is 6. The molecule has 1 aromatic carbocycles. The summed E-state index contributed by atoms with van der Waals surface area (Å²) in [4.78, 5) is 19.8. The van der Waals surface area contributed by atoms with Crippen LogP contribution in [0.2, 0.25) is 10.0 Å². The van der Waals surface area contributed by atoms with Gasteiger partial charge in [0.25, 0.3) is 0 Å². The summed E-state index contributed by atoms with van der Waals surface area (Å²) in [5, 5.41) is 5.15. The molecule has 0 aliphatic carbocycles. The molecular formula is C19H24Cl2N2O2. The van der Waals surface area contributed by atoms with Gasteiger partial charge in [-0.1, -0.05) is 61.3 Å². The Kier molecular flexibility index (Phi) is 6.53. The number of oxime groups is 1. The largest absolute Gasteiger partial charge is 0.390 e. The molecular weight excluding hydrogens is 359 g/mol. The van der Waals surface area contributed by atoms with Crippen molar-refractivity contribution in [1.82, 2.24) is 4.90 Å². The van der Waals surface area contributed by atoms with Crippen LogP contribution in [0, 0.1) is 5.41 Å². The van der Waals surface area contributed by atoms with E-state index in [1.54, 1.807) is 23.1 Å². The van der Waals surface area contributed by atoms with Crippen LogP contribution < -0.4 is 0 Å². The van der Waals surface area contributed by atoms with E-state index in [1.165, 1.54) is 0 Å². The van der Waals surface area contributed by atoms with Crippen LogP contribution in [0.15, 0.2) is 36.0 Å². The minimum Gasteiger partial charge on any atom is -0.390 e. The molecule has 1 heterocycles. The van der Waals surface area contributed by atoms with E-state index in [4.69, 9.17) is 28.0 Å². The summed E-state index contributed by atoms with van der Waals surface area (Å²) >= 11 is 12.0. The van der Waals surface area contributed by atoms with Crippen molar-refractivity contribution in [3.8, 4) is 0 Å². The molecule has 1 aliphatic heterocycles. The van der Waals surface area contributed by atoms with Crippen LogP contribution in [0.1, 0.15) is 39.2 Å². The first-order valence-corrected chi connectivity index (χ1v) is 9.02. The van der Waals surface area contributed by atoms with E-state index in [1.807, 2.05) is 6.07 Å². The minimum absolute atomic E-state index is 0.0608. The topological polar surface area (TPSA) is 41.9 Å². The van der Waals surface area contributed by atoms with Gasteiger partial charge in [0, 0.05) is 24.9 Å². The van der Waals surface area contributed by atoms with Crippen LogP contribution in [0.5, 0.6) is 0 Å². The van der Waals surface area contributed by atoms with E-state index < -0.39 is 0 Å². The van der Waals surface area contributed by atoms with E-state index >= 15 is 0 Å². The summed E-state index contributed by atoms with van der Waals surface area (Å²) in [6.07, 6.45) is 2.66. The molecule has 6 heteroatoms. The molecule has 1 amide bonds. The van der Waals surface area contributed by atoms with Crippen LogP contribution in [0.25, 0.3) is 0 Å². The van der Waals surface area contributed by atoms with Gasteiger partial charge in [-0.25, -0.2) is 0 Å². The van der Waals surface area contributed by atoms with Crippen LogP contribution in [-0.2, 0) is 9.63 Å². The number of hydrogen-bond acceptors (Lipinski definition) is 3. The molecule has 0 aromatic heterocycles. The number of amides is 1. The lowest BCUT2D eigenvalue weighted by atomic mass is 9.91. The molecule has 1 aromatic rings. The molecule has 0 radical (unpaired) electrons. The SMILES string of the molecule is C=CCN(C[C@@H]1CC(c2ccc(Cl)c(Cl)c2)=NO1)C(=O)CC(C)(C)C. The molecule has 25 heavy (non-hydrogen) atoms. The predicted molar refractivity (Wildman–Crippen MR) is 103 cm³/mol. The highest BCUT2D eigenvalue weighted by Gasteiger charge is 2.28. The highest BCUT2D eigenvalue weighted by molar-refractivity contribution is 6.42. The number of carbonyl (C=O) groups excluding carboxylic acids is 1. The number of benzene rings is 1. The fourth-order valence-electron chi connectivity index (χ4n) is 2.62. The lowest BCUT2D eigenvalue weighted by molar-refractivity contribution is -0.134. The summed E-state index contributed by atoms with van der Waals surface area (Å²) in [7, 11) is 0. The van der Waals surface area contributed by atoms with Crippen molar-refractivity contribution in [2.24, 2.45) is 10.6 Å². The lowest BCUT2D eigenvalue weighted by Crippen LogP contribution is -2.39. The Morgan fingerprint density at radius 3 is 2.72 bits per heavy atom. The van der Waals surface area contributed by atoms with Crippen LogP contribution in [0.4, 0.5) is 0 Å². The zero-order valence-corrected chi connectivity index (χ0v) is 16.4. The van der Waals surface area contributed by atoms with Crippen molar-refractivity contribution < 1.29 is 9.63 Å². The average Bonchev–Trinajstić information content (AvgIpc) is 2.96. The highest BCUT2D eigenvalue weighted by Crippen LogP contribution is 2.26. The molecule has 0 unspecified atom stereocenters. The Bertz CT molecular complexity index is 680. The Balaban J connectivity index is 1.99. The van der Waals surface area contributed by atoms with Gasteiger partial charge in [-0.3, -0.25) is 4.79 Å². The molecule has 2 rings (SSSR count). The summed E-state index contributed by atoms with van der Waals surface area (Å²) in [6.45, 7) is 10.9. The minimum atomic E-state index is -0.173. The van der Waals surface area contributed by atoms with Gasteiger partial charge in [0.15, 0.2) is 6.10 Å². The molecule has 4 nitrogen and oxygen atoms in total. The van der Waals surface area contributed by atoms with E-state index in [9.17, 15) is 4.79 Å². The van der Waals surface area contributed by atoms with Gasteiger partial charge in [-0.15, -0.1) is 6.58 Å². The number of halogens is 2. The van der Waals surface area contributed by atoms with Gasteiger partial charge in [0.2, 0.25) is 5.91 Å². The molecule has 0 spiro atoms. The third-order valence-electron chi connectivity index (χ3n) is 3.79. The zero-order valence-electron chi connectivity index (χ0n) is 14.9. The van der Waals surface area contributed by atoms with E-state index in [0.717, 1.165) is 11.3 Å². The summed E-state index contributed by atoms with van der Waals surface area (Å²) in [6, 6.07) is 5.39. The maximum Gasteiger partial charge on any atom is 0.223 e. The Hall–Kier alpha value is -1.52. The highest BCUT2D eigenvalue weighted by atomic mass is 35.5. The summed E-state index contributed by atoms with van der Waals surface area (Å²) in [5.74, 6) is 0.0963. The second-order valence-corrected chi connectivity index (χ2v) is 8.24. The summed E-state index contributed by atoms with van der Waals surface area (Å²) < 4.78 is 0. The number of carbonyl (C=O) groups is 1. The maximum atomic E-state index is 12.5. The van der Waals surface area contributed by atoms with Gasteiger partial charge >= 0.3 is 0 Å². The lowest BCUT2D eigenvalue weighted by Gasteiger charge is -2.27. The third kappa shape index (κ3) is 5.75. The van der Waals surface area contributed by atoms with Crippen molar-refractivity contribution in [2.75, 3.05) is 13.1 Å². The molecule has 0 fully saturated rings. The van der Waals surface area contributed by atoms with Gasteiger partial charge < -0.3 is 9.74 Å². The first-order chi connectivity index (χ1) is 11.7. The van der Waals surface area contributed by atoms with Crippen LogP contribution in [0.3, 0.4) is 0 Å². The first-order valence-electron chi connectivity index (χ1n) is 8.26. The molecule has 0 saturated heterocycles. The maximum absolute atomic E-state index is 12.5.